The van der Waals surface area contributed by atoms with Gasteiger partial charge in [0, 0.05) is 19.4 Å². The Balaban J connectivity index is 1.54. The summed E-state index contributed by atoms with van der Waals surface area (Å²) in [6.07, 6.45) is 3.15. The third-order valence-electron chi connectivity index (χ3n) is 5.59. The Kier molecular flexibility index (Phi) is 4.04. The molecule has 2 aromatic heterocycles. The molecule has 0 aromatic carbocycles. The molecule has 26 heavy (non-hydrogen) atoms. The third kappa shape index (κ3) is 2.99. The number of nitrogens with zero attached hydrogens (tertiary/aromatic N) is 4. The summed E-state index contributed by atoms with van der Waals surface area (Å²) in [4.78, 5) is 7.76. The van der Waals surface area contributed by atoms with Crippen molar-refractivity contribution in [3.8, 4) is 0 Å². The number of aryl methyl sites for hydroxylation is 1. The quantitative estimate of drug-likeness (QED) is 0.851. The molecule has 0 spiro atoms. The van der Waals surface area contributed by atoms with Crippen molar-refractivity contribution in [1.82, 2.24) is 19.7 Å². The molecule has 2 aliphatic rings. The first-order chi connectivity index (χ1) is 12.3. The van der Waals surface area contributed by atoms with Crippen molar-refractivity contribution in [1.29, 1.82) is 0 Å². The molecule has 0 bridgehead atoms. The first-order valence-corrected chi connectivity index (χ1v) is 8.80. The molecule has 2 aliphatic carbocycles. The third-order valence-corrected chi connectivity index (χ3v) is 5.59. The summed E-state index contributed by atoms with van der Waals surface area (Å²) in [6, 6.07) is 0.406. The lowest BCUT2D eigenvalue weighted by molar-refractivity contribution is -0.137. The zero-order valence-corrected chi connectivity index (χ0v) is 14.6. The Hall–Kier alpha value is -2.32. The van der Waals surface area contributed by atoms with E-state index in [1.54, 1.807) is 0 Å². The molecule has 4 rings (SSSR count). The second-order valence-corrected chi connectivity index (χ2v) is 7.16. The van der Waals surface area contributed by atoms with Crippen LogP contribution >= 0.6 is 0 Å². The first-order valence-electron chi connectivity index (χ1n) is 8.80. The molecule has 2 aromatic rings. The fourth-order valence-corrected chi connectivity index (χ4v) is 4.02. The zero-order valence-electron chi connectivity index (χ0n) is 14.6. The lowest BCUT2D eigenvalue weighted by atomic mass is 9.77. The van der Waals surface area contributed by atoms with E-state index in [0.29, 0.717) is 11.7 Å². The summed E-state index contributed by atoms with van der Waals surface area (Å²) < 4.78 is 40.8. The highest BCUT2D eigenvalue weighted by molar-refractivity contribution is 5.57. The number of alkyl halides is 3. The van der Waals surface area contributed by atoms with E-state index >= 15 is 0 Å². The SMILES string of the molecule is CNc1nc(Nc2cn(C3C[C@H]4CC[C@H]4C3)nc2C)ncc1C(F)(F)F. The summed E-state index contributed by atoms with van der Waals surface area (Å²) in [6.45, 7) is 1.87. The Morgan fingerprint density at radius 3 is 2.46 bits per heavy atom. The van der Waals surface area contributed by atoms with Crippen LogP contribution in [0.3, 0.4) is 0 Å². The van der Waals surface area contributed by atoms with Crippen molar-refractivity contribution in [2.24, 2.45) is 11.8 Å². The molecule has 6 nitrogen and oxygen atoms in total. The van der Waals surface area contributed by atoms with Gasteiger partial charge in [0.15, 0.2) is 0 Å². The smallest absolute Gasteiger partial charge is 0.372 e. The predicted molar refractivity (Wildman–Crippen MR) is 91.3 cm³/mol. The molecule has 0 saturated heterocycles. The fourth-order valence-electron chi connectivity index (χ4n) is 4.02. The van der Waals surface area contributed by atoms with Crippen molar-refractivity contribution in [3.63, 3.8) is 0 Å². The molecule has 0 aliphatic heterocycles. The van der Waals surface area contributed by atoms with Crippen LogP contribution in [0.4, 0.5) is 30.6 Å². The Bertz CT molecular complexity index is 803. The molecular weight excluding hydrogens is 345 g/mol. The van der Waals surface area contributed by atoms with Gasteiger partial charge in [-0.05, 0) is 44.4 Å². The molecule has 0 amide bonds. The minimum Gasteiger partial charge on any atom is -0.372 e. The summed E-state index contributed by atoms with van der Waals surface area (Å²) >= 11 is 0. The average molecular weight is 366 g/mol. The molecule has 2 N–H and O–H groups in total. The van der Waals surface area contributed by atoms with E-state index in [0.717, 1.165) is 36.6 Å². The van der Waals surface area contributed by atoms with Crippen LogP contribution in [0.15, 0.2) is 12.4 Å². The zero-order chi connectivity index (χ0) is 18.5. The number of halogens is 3. The Morgan fingerprint density at radius 2 is 1.88 bits per heavy atom. The summed E-state index contributed by atoms with van der Waals surface area (Å²) in [5.74, 6) is 1.51. The van der Waals surface area contributed by atoms with Gasteiger partial charge in [0.1, 0.15) is 11.4 Å². The normalized spacial score (nSPS) is 24.9. The van der Waals surface area contributed by atoms with Gasteiger partial charge in [-0.25, -0.2) is 4.98 Å². The van der Waals surface area contributed by atoms with Crippen LogP contribution in [0.1, 0.15) is 43.0 Å². The topological polar surface area (TPSA) is 67.7 Å². The van der Waals surface area contributed by atoms with Gasteiger partial charge >= 0.3 is 6.18 Å². The van der Waals surface area contributed by atoms with Crippen LogP contribution in [0, 0.1) is 18.8 Å². The van der Waals surface area contributed by atoms with E-state index in [1.807, 2.05) is 17.8 Å². The minimum atomic E-state index is -4.50. The summed E-state index contributed by atoms with van der Waals surface area (Å²) in [7, 11) is 1.40. The van der Waals surface area contributed by atoms with Gasteiger partial charge in [-0.2, -0.15) is 23.3 Å². The molecule has 9 heteroatoms. The monoisotopic (exact) mass is 366 g/mol. The van der Waals surface area contributed by atoms with Gasteiger partial charge in [-0.3, -0.25) is 4.68 Å². The van der Waals surface area contributed by atoms with E-state index in [1.165, 1.54) is 19.9 Å². The molecule has 2 saturated carbocycles. The molecule has 3 atom stereocenters. The van der Waals surface area contributed by atoms with Gasteiger partial charge < -0.3 is 10.6 Å². The Labute approximate surface area is 149 Å². The highest BCUT2D eigenvalue weighted by Crippen LogP contribution is 2.51. The number of fused-ring (bicyclic) bond motifs is 1. The van der Waals surface area contributed by atoms with Crippen LogP contribution in [0.2, 0.25) is 0 Å². The van der Waals surface area contributed by atoms with Crippen molar-refractivity contribution in [3.05, 3.63) is 23.7 Å². The maximum atomic E-state index is 12.9. The van der Waals surface area contributed by atoms with E-state index in [9.17, 15) is 13.2 Å². The standard InChI is InChI=1S/C17H21F3N6/c1-9-14(8-26(25-9)12-5-10-3-4-11(10)6-12)23-16-22-7-13(17(18,19)20)15(21-2)24-16/h7-8,10-12H,3-6H2,1-2H3,(H2,21,22,23,24)/t10-,11+,12?. The summed E-state index contributed by atoms with van der Waals surface area (Å²) in [5.41, 5.74) is 0.601. The van der Waals surface area contributed by atoms with Crippen molar-refractivity contribution >= 4 is 17.5 Å². The second kappa shape index (κ2) is 6.14. The molecule has 2 heterocycles. The number of nitrogens with one attached hydrogen (secondary N) is 2. The number of rotatable bonds is 4. The van der Waals surface area contributed by atoms with E-state index in [2.05, 4.69) is 25.7 Å². The van der Waals surface area contributed by atoms with Gasteiger partial charge in [0.25, 0.3) is 0 Å². The molecule has 0 radical (unpaired) electrons. The van der Waals surface area contributed by atoms with Gasteiger partial charge in [-0.1, -0.05) is 0 Å². The van der Waals surface area contributed by atoms with Gasteiger partial charge in [0.05, 0.1) is 17.4 Å². The van der Waals surface area contributed by atoms with E-state index < -0.39 is 11.7 Å². The first kappa shape index (κ1) is 17.1. The lowest BCUT2D eigenvalue weighted by Gasteiger charge is -2.29. The van der Waals surface area contributed by atoms with Crippen LogP contribution in [0.25, 0.3) is 0 Å². The van der Waals surface area contributed by atoms with E-state index in [-0.39, 0.29) is 11.8 Å². The van der Waals surface area contributed by atoms with Crippen LogP contribution < -0.4 is 10.6 Å². The predicted octanol–water partition coefficient (Wildman–Crippen LogP) is 4.15. The number of aromatic nitrogens is 4. The number of hydrogen-bond acceptors (Lipinski definition) is 5. The highest BCUT2D eigenvalue weighted by Gasteiger charge is 2.41. The molecule has 1 unspecified atom stereocenters. The van der Waals surface area contributed by atoms with Crippen LogP contribution in [0.5, 0.6) is 0 Å². The largest absolute Gasteiger partial charge is 0.421 e. The fraction of sp³-hybridized carbons (Fsp3) is 0.588. The Morgan fingerprint density at radius 1 is 1.19 bits per heavy atom. The van der Waals surface area contributed by atoms with Crippen molar-refractivity contribution in [2.45, 2.75) is 44.8 Å². The average Bonchev–Trinajstić information content (AvgIpc) is 3.07. The molecular formula is C17H21F3N6. The van der Waals surface area contributed by atoms with Crippen LogP contribution in [-0.4, -0.2) is 26.8 Å². The lowest BCUT2D eigenvalue weighted by Crippen LogP contribution is -2.18. The van der Waals surface area contributed by atoms with Gasteiger partial charge in [-0.15, -0.1) is 0 Å². The van der Waals surface area contributed by atoms with Crippen molar-refractivity contribution in [2.75, 3.05) is 17.7 Å². The maximum Gasteiger partial charge on any atom is 0.421 e. The number of hydrogen-bond donors (Lipinski definition) is 2. The minimum absolute atomic E-state index is 0.108. The molecule has 140 valence electrons. The molecule has 2 fully saturated rings. The summed E-state index contributed by atoms with van der Waals surface area (Å²) in [5, 5.41) is 10.1. The van der Waals surface area contributed by atoms with E-state index in [4.69, 9.17) is 0 Å². The van der Waals surface area contributed by atoms with Crippen molar-refractivity contribution < 1.29 is 13.2 Å². The number of anilines is 3. The highest BCUT2D eigenvalue weighted by atomic mass is 19.4. The second-order valence-electron chi connectivity index (χ2n) is 7.16. The van der Waals surface area contributed by atoms with Crippen LogP contribution in [-0.2, 0) is 6.18 Å². The maximum absolute atomic E-state index is 12.9. The van der Waals surface area contributed by atoms with Gasteiger partial charge in [0.2, 0.25) is 5.95 Å².